The molecule has 0 radical (unpaired) electrons. The lowest BCUT2D eigenvalue weighted by Gasteiger charge is -2.54. The molecule has 0 aromatic carbocycles. The van der Waals surface area contributed by atoms with Gasteiger partial charge in [-0.25, -0.2) is 0 Å². The van der Waals surface area contributed by atoms with Crippen molar-refractivity contribution in [3.05, 3.63) is 0 Å². The zero-order chi connectivity index (χ0) is 13.9. The Morgan fingerprint density at radius 3 is 2.14 bits per heavy atom. The van der Waals surface area contributed by atoms with Crippen molar-refractivity contribution in [2.24, 2.45) is 35.5 Å². The Bertz CT molecular complexity index is 400. The second kappa shape index (κ2) is 4.96. The van der Waals surface area contributed by atoms with E-state index in [0.717, 1.165) is 48.7 Å². The molecule has 5 aliphatic rings. The lowest BCUT2D eigenvalue weighted by molar-refractivity contribution is -0.207. The van der Waals surface area contributed by atoms with Gasteiger partial charge < -0.3 is 9.47 Å². The minimum Gasteiger partial charge on any atom is -0.348 e. The van der Waals surface area contributed by atoms with Gasteiger partial charge in [-0.3, -0.25) is 0 Å². The molecule has 0 aromatic rings. The molecule has 4 aliphatic carbocycles. The van der Waals surface area contributed by atoms with E-state index in [1.165, 1.54) is 38.5 Å². The van der Waals surface area contributed by atoms with E-state index in [0.29, 0.717) is 0 Å². The van der Waals surface area contributed by atoms with Gasteiger partial charge in [0.15, 0.2) is 5.79 Å². The third kappa shape index (κ3) is 2.05. The van der Waals surface area contributed by atoms with Gasteiger partial charge in [-0.1, -0.05) is 12.8 Å². The van der Waals surface area contributed by atoms with Gasteiger partial charge in [0.1, 0.15) is 0 Å². The highest BCUT2D eigenvalue weighted by atomic mass is 16.7. The molecule has 5 fully saturated rings. The van der Waals surface area contributed by atoms with Crippen molar-refractivity contribution in [3.63, 3.8) is 0 Å². The average molecular weight is 290 g/mol. The van der Waals surface area contributed by atoms with Crippen molar-refractivity contribution in [1.82, 2.24) is 0 Å². The van der Waals surface area contributed by atoms with Crippen LogP contribution in [0.2, 0.25) is 0 Å². The minimum absolute atomic E-state index is 0.154. The summed E-state index contributed by atoms with van der Waals surface area (Å²) in [5.41, 5.74) is 0. The molecule has 0 N–H and O–H groups in total. The average Bonchev–Trinajstić information content (AvgIpc) is 3.16. The summed E-state index contributed by atoms with van der Waals surface area (Å²) < 4.78 is 12.0. The summed E-state index contributed by atoms with van der Waals surface area (Å²) in [6, 6.07) is 0. The topological polar surface area (TPSA) is 18.5 Å². The molecule has 2 heteroatoms. The van der Waals surface area contributed by atoms with Crippen LogP contribution in [0, 0.1) is 35.5 Å². The summed E-state index contributed by atoms with van der Waals surface area (Å²) in [7, 11) is 0. The van der Waals surface area contributed by atoms with Gasteiger partial charge >= 0.3 is 0 Å². The van der Waals surface area contributed by atoms with E-state index in [4.69, 9.17) is 9.47 Å². The summed E-state index contributed by atoms with van der Waals surface area (Å²) in [5, 5.41) is 0. The zero-order valence-electron chi connectivity index (χ0n) is 13.3. The molecule has 118 valence electrons. The fourth-order valence-corrected chi connectivity index (χ4v) is 7.21. The molecule has 21 heavy (non-hydrogen) atoms. The molecule has 0 bridgehead atoms. The van der Waals surface area contributed by atoms with E-state index in [1.807, 2.05) is 0 Å². The van der Waals surface area contributed by atoms with Crippen LogP contribution in [-0.4, -0.2) is 19.0 Å². The molecule has 0 aromatic heterocycles. The SMILES string of the molecule is C1CC2CCC3C4CCC5(CC4CCC3C2C1)OCCO5. The standard InChI is InChI=1S/C19H30O2/c1-2-13-4-6-18-16-8-9-19(20-10-11-21-19)12-14(16)5-7-17(18)15(13)3-1/h13-18H,1-12H2. The van der Waals surface area contributed by atoms with Crippen molar-refractivity contribution in [2.45, 2.75) is 70.0 Å². The molecular weight excluding hydrogens is 260 g/mol. The fourth-order valence-electron chi connectivity index (χ4n) is 7.21. The van der Waals surface area contributed by atoms with Crippen LogP contribution in [0.1, 0.15) is 64.2 Å². The van der Waals surface area contributed by atoms with Gasteiger partial charge in [0.25, 0.3) is 0 Å². The van der Waals surface area contributed by atoms with Gasteiger partial charge in [0.2, 0.25) is 0 Å². The first-order chi connectivity index (χ1) is 10.3. The minimum atomic E-state index is -0.154. The summed E-state index contributed by atoms with van der Waals surface area (Å²) in [4.78, 5) is 0. The van der Waals surface area contributed by atoms with Crippen LogP contribution >= 0.6 is 0 Å². The summed E-state index contributed by atoms with van der Waals surface area (Å²) in [5.74, 6) is 6.12. The van der Waals surface area contributed by atoms with E-state index in [1.54, 1.807) is 25.7 Å². The van der Waals surface area contributed by atoms with E-state index < -0.39 is 0 Å². The Morgan fingerprint density at radius 2 is 1.33 bits per heavy atom. The van der Waals surface area contributed by atoms with Crippen molar-refractivity contribution >= 4 is 0 Å². The Labute approximate surface area is 129 Å². The van der Waals surface area contributed by atoms with Crippen molar-refractivity contribution < 1.29 is 9.47 Å². The van der Waals surface area contributed by atoms with Crippen LogP contribution in [0.5, 0.6) is 0 Å². The Hall–Kier alpha value is -0.0800. The summed E-state index contributed by atoms with van der Waals surface area (Å²) >= 11 is 0. The molecule has 5 rings (SSSR count). The maximum Gasteiger partial charge on any atom is 0.168 e. The first-order valence-corrected chi connectivity index (χ1v) is 9.63. The monoisotopic (exact) mass is 290 g/mol. The lowest BCUT2D eigenvalue weighted by Crippen LogP contribution is -2.48. The molecule has 6 atom stereocenters. The van der Waals surface area contributed by atoms with Crippen LogP contribution in [0.3, 0.4) is 0 Å². The van der Waals surface area contributed by atoms with Crippen LogP contribution < -0.4 is 0 Å². The molecule has 4 saturated carbocycles. The zero-order valence-corrected chi connectivity index (χ0v) is 13.3. The Balaban J connectivity index is 1.34. The van der Waals surface area contributed by atoms with Gasteiger partial charge in [0.05, 0.1) is 13.2 Å². The number of hydrogen-bond acceptors (Lipinski definition) is 2. The largest absolute Gasteiger partial charge is 0.348 e. The third-order valence-corrected chi connectivity index (χ3v) is 7.96. The Morgan fingerprint density at radius 1 is 0.619 bits per heavy atom. The highest BCUT2D eigenvalue weighted by Gasteiger charge is 2.53. The molecule has 1 heterocycles. The number of rotatable bonds is 0. The van der Waals surface area contributed by atoms with Gasteiger partial charge in [0, 0.05) is 12.8 Å². The number of hydrogen-bond donors (Lipinski definition) is 0. The quantitative estimate of drug-likeness (QED) is 0.659. The summed E-state index contributed by atoms with van der Waals surface area (Å²) in [6.07, 6.45) is 14.5. The second-order valence-electron chi connectivity index (χ2n) is 8.61. The molecule has 6 unspecified atom stereocenters. The highest BCUT2D eigenvalue weighted by molar-refractivity contribution is 5.00. The highest BCUT2D eigenvalue weighted by Crippen LogP contribution is 2.59. The summed E-state index contributed by atoms with van der Waals surface area (Å²) in [6.45, 7) is 1.65. The van der Waals surface area contributed by atoms with E-state index in [-0.39, 0.29) is 5.79 Å². The number of ether oxygens (including phenoxy) is 2. The first-order valence-electron chi connectivity index (χ1n) is 9.63. The Kier molecular flexibility index (Phi) is 3.16. The third-order valence-electron chi connectivity index (χ3n) is 7.96. The van der Waals surface area contributed by atoms with E-state index in [2.05, 4.69) is 0 Å². The molecular formula is C19H30O2. The van der Waals surface area contributed by atoms with E-state index in [9.17, 15) is 0 Å². The van der Waals surface area contributed by atoms with Gasteiger partial charge in [-0.05, 0) is 74.0 Å². The maximum absolute atomic E-state index is 6.01. The predicted molar refractivity (Wildman–Crippen MR) is 81.7 cm³/mol. The smallest absolute Gasteiger partial charge is 0.168 e. The van der Waals surface area contributed by atoms with Crippen molar-refractivity contribution in [3.8, 4) is 0 Å². The van der Waals surface area contributed by atoms with Crippen molar-refractivity contribution in [1.29, 1.82) is 0 Å². The lowest BCUT2D eigenvalue weighted by atomic mass is 9.53. The fraction of sp³-hybridized carbons (Fsp3) is 1.00. The molecule has 1 spiro atoms. The predicted octanol–water partition coefficient (Wildman–Crippen LogP) is 4.38. The normalized spacial score (nSPS) is 51.4. The van der Waals surface area contributed by atoms with E-state index >= 15 is 0 Å². The van der Waals surface area contributed by atoms with Gasteiger partial charge in [-0.15, -0.1) is 0 Å². The molecule has 0 amide bonds. The van der Waals surface area contributed by atoms with Crippen LogP contribution in [0.4, 0.5) is 0 Å². The maximum atomic E-state index is 6.01. The molecule has 1 saturated heterocycles. The molecule has 1 aliphatic heterocycles. The van der Waals surface area contributed by atoms with Crippen molar-refractivity contribution in [2.75, 3.05) is 13.2 Å². The molecule has 2 nitrogen and oxygen atoms in total. The second-order valence-corrected chi connectivity index (χ2v) is 8.61. The van der Waals surface area contributed by atoms with Crippen LogP contribution in [0.15, 0.2) is 0 Å². The first kappa shape index (κ1) is 13.4. The van der Waals surface area contributed by atoms with Crippen LogP contribution in [0.25, 0.3) is 0 Å². The number of fused-ring (bicyclic) bond motifs is 5. The van der Waals surface area contributed by atoms with Crippen LogP contribution in [-0.2, 0) is 9.47 Å². The van der Waals surface area contributed by atoms with Gasteiger partial charge in [-0.2, -0.15) is 0 Å².